The van der Waals surface area contributed by atoms with E-state index in [1.54, 1.807) is 0 Å². The van der Waals surface area contributed by atoms with Crippen molar-refractivity contribution in [2.24, 2.45) is 0 Å². The van der Waals surface area contributed by atoms with E-state index in [1.807, 2.05) is 30.3 Å². The first-order valence-corrected chi connectivity index (χ1v) is 10.0. The first-order valence-electron chi connectivity index (χ1n) is 9.66. The quantitative estimate of drug-likeness (QED) is 0.401. The minimum Gasteiger partial charge on any atom is -0.372 e. The highest BCUT2D eigenvalue weighted by atomic mass is 35.5. The summed E-state index contributed by atoms with van der Waals surface area (Å²) in [7, 11) is 0. The van der Waals surface area contributed by atoms with Crippen LogP contribution in [0.2, 0.25) is 5.02 Å². The van der Waals surface area contributed by atoms with E-state index < -0.39 is 0 Å². The molecule has 0 atom stereocenters. The molecule has 148 valence electrons. The van der Waals surface area contributed by atoms with Crippen LogP contribution in [0.5, 0.6) is 0 Å². The van der Waals surface area contributed by atoms with E-state index >= 15 is 0 Å². The van der Waals surface area contributed by atoms with Gasteiger partial charge in [0.1, 0.15) is 23.2 Å². The monoisotopic (exact) mass is 407 g/mol. The molecule has 0 spiro atoms. The summed E-state index contributed by atoms with van der Waals surface area (Å²) >= 11 is 6.00. The van der Waals surface area contributed by atoms with Gasteiger partial charge in [-0.1, -0.05) is 47.1 Å². The molecule has 2 aromatic carbocycles. The first kappa shape index (κ1) is 19.2. The highest BCUT2D eigenvalue weighted by Gasteiger charge is 2.16. The molecule has 0 aliphatic carbocycles. The van der Waals surface area contributed by atoms with Gasteiger partial charge in [0.25, 0.3) is 5.71 Å². The Morgan fingerprint density at radius 1 is 1.03 bits per heavy atom. The minimum atomic E-state index is 0.465. The number of fused-ring (bicyclic) bond motifs is 1. The van der Waals surface area contributed by atoms with Crippen molar-refractivity contribution in [2.45, 2.75) is 13.3 Å². The first-order chi connectivity index (χ1) is 14.3. The maximum atomic E-state index is 6.00. The molecule has 0 amide bonds. The average Bonchev–Trinajstić information content (AvgIpc) is 3.20. The number of para-hydroxylation sites is 1. The van der Waals surface area contributed by atoms with Crippen molar-refractivity contribution in [2.75, 3.05) is 29.9 Å². The van der Waals surface area contributed by atoms with E-state index in [1.165, 1.54) is 12.0 Å². The third kappa shape index (κ3) is 4.32. The lowest BCUT2D eigenvalue weighted by Gasteiger charge is -2.23. The zero-order valence-electron chi connectivity index (χ0n) is 16.2. The predicted molar refractivity (Wildman–Crippen MR) is 117 cm³/mol. The molecule has 0 bridgehead atoms. The van der Waals surface area contributed by atoms with Gasteiger partial charge in [-0.05, 0) is 37.6 Å². The van der Waals surface area contributed by atoms with Gasteiger partial charge in [-0.3, -0.25) is 0 Å². The van der Waals surface area contributed by atoms with Crippen molar-refractivity contribution in [3.63, 3.8) is 0 Å². The van der Waals surface area contributed by atoms with Gasteiger partial charge in [-0.2, -0.15) is 4.98 Å². The summed E-state index contributed by atoms with van der Waals surface area (Å²) < 4.78 is 5.41. The van der Waals surface area contributed by atoms with E-state index in [9.17, 15) is 0 Å². The molecular formula is C22H22ClN5O. The standard InChI is InChI=1S/C22H22ClN5O/c1-2-28(18-7-4-3-5-8-18)14-6-13-24-21-19-20(16-9-11-17(23)12-10-16)27-29-22(19)26-15-25-21/h3-5,7-12,15H,2,6,13-14H2,1H3,(H,24,25,26). The van der Waals surface area contributed by atoms with E-state index in [2.05, 4.69) is 56.5 Å². The van der Waals surface area contributed by atoms with Crippen LogP contribution in [0.1, 0.15) is 13.3 Å². The van der Waals surface area contributed by atoms with Crippen LogP contribution in [0.25, 0.3) is 22.4 Å². The number of anilines is 2. The van der Waals surface area contributed by atoms with Crippen molar-refractivity contribution in [1.82, 2.24) is 15.1 Å². The van der Waals surface area contributed by atoms with Gasteiger partial charge in [-0.15, -0.1) is 0 Å². The molecule has 1 N–H and O–H groups in total. The molecule has 2 aromatic heterocycles. The van der Waals surface area contributed by atoms with Crippen LogP contribution in [0.15, 0.2) is 65.4 Å². The second-order valence-electron chi connectivity index (χ2n) is 6.64. The number of nitrogens with one attached hydrogen (secondary N) is 1. The molecule has 0 radical (unpaired) electrons. The summed E-state index contributed by atoms with van der Waals surface area (Å²) in [6, 6.07) is 17.9. The molecule has 0 unspecified atom stereocenters. The predicted octanol–water partition coefficient (Wildman–Crippen LogP) is 5.27. The zero-order valence-corrected chi connectivity index (χ0v) is 16.9. The van der Waals surface area contributed by atoms with Crippen molar-refractivity contribution in [3.05, 3.63) is 65.9 Å². The van der Waals surface area contributed by atoms with E-state index in [0.29, 0.717) is 16.4 Å². The fourth-order valence-corrected chi connectivity index (χ4v) is 3.44. The molecule has 0 saturated heterocycles. The number of nitrogens with zero attached hydrogens (tertiary/aromatic N) is 4. The number of halogens is 1. The van der Waals surface area contributed by atoms with Gasteiger partial charge in [0.2, 0.25) is 0 Å². The second kappa shape index (κ2) is 8.92. The number of rotatable bonds is 8. The van der Waals surface area contributed by atoms with Crippen LogP contribution >= 0.6 is 11.6 Å². The Bertz CT molecular complexity index is 1070. The Morgan fingerprint density at radius 3 is 2.59 bits per heavy atom. The van der Waals surface area contributed by atoms with Crippen LogP contribution in [-0.2, 0) is 0 Å². The fraction of sp³-hybridized carbons (Fsp3) is 0.227. The highest BCUT2D eigenvalue weighted by molar-refractivity contribution is 6.30. The fourth-order valence-electron chi connectivity index (χ4n) is 3.31. The summed E-state index contributed by atoms with van der Waals surface area (Å²) in [6.07, 6.45) is 2.46. The number of benzene rings is 2. The molecule has 4 rings (SSSR count). The SMILES string of the molecule is CCN(CCCNc1ncnc2onc(-c3ccc(Cl)cc3)c12)c1ccccc1. The van der Waals surface area contributed by atoms with Gasteiger partial charge in [0, 0.05) is 35.9 Å². The molecule has 6 nitrogen and oxygen atoms in total. The van der Waals surface area contributed by atoms with Crippen LogP contribution in [0.3, 0.4) is 0 Å². The summed E-state index contributed by atoms with van der Waals surface area (Å²) in [4.78, 5) is 11.0. The molecule has 4 aromatic rings. The summed E-state index contributed by atoms with van der Waals surface area (Å²) in [5.41, 5.74) is 3.32. The summed E-state index contributed by atoms with van der Waals surface area (Å²) in [5, 5.41) is 9.08. The normalized spacial score (nSPS) is 11.0. The van der Waals surface area contributed by atoms with Crippen LogP contribution < -0.4 is 10.2 Å². The topological polar surface area (TPSA) is 67.1 Å². The second-order valence-corrected chi connectivity index (χ2v) is 7.07. The summed E-state index contributed by atoms with van der Waals surface area (Å²) in [5.74, 6) is 0.726. The van der Waals surface area contributed by atoms with Gasteiger partial charge >= 0.3 is 0 Å². The maximum Gasteiger partial charge on any atom is 0.263 e. The lowest BCUT2D eigenvalue weighted by molar-refractivity contribution is 0.451. The molecular weight excluding hydrogens is 386 g/mol. The highest BCUT2D eigenvalue weighted by Crippen LogP contribution is 2.31. The molecule has 7 heteroatoms. The van der Waals surface area contributed by atoms with Crippen LogP contribution in [0, 0.1) is 0 Å². The Kier molecular flexibility index (Phi) is 5.91. The Hall–Kier alpha value is -3.12. The Balaban J connectivity index is 1.47. The molecule has 0 saturated carbocycles. The van der Waals surface area contributed by atoms with Crippen molar-refractivity contribution < 1.29 is 4.52 Å². The zero-order chi connectivity index (χ0) is 20.1. The molecule has 29 heavy (non-hydrogen) atoms. The van der Waals surface area contributed by atoms with Crippen molar-refractivity contribution in [1.29, 1.82) is 0 Å². The largest absolute Gasteiger partial charge is 0.372 e. The smallest absolute Gasteiger partial charge is 0.263 e. The third-order valence-corrected chi connectivity index (χ3v) is 5.04. The number of hydrogen-bond donors (Lipinski definition) is 1. The minimum absolute atomic E-state index is 0.465. The molecule has 0 aliphatic rings. The summed E-state index contributed by atoms with van der Waals surface area (Å²) in [6.45, 7) is 4.87. The Morgan fingerprint density at radius 2 is 1.83 bits per heavy atom. The molecule has 0 fully saturated rings. The molecule has 2 heterocycles. The van der Waals surface area contributed by atoms with Gasteiger partial charge in [-0.25, -0.2) is 4.98 Å². The van der Waals surface area contributed by atoms with Gasteiger partial charge in [0.15, 0.2) is 0 Å². The number of aromatic nitrogens is 3. The van der Waals surface area contributed by atoms with Crippen molar-refractivity contribution >= 4 is 34.2 Å². The van der Waals surface area contributed by atoms with Crippen molar-refractivity contribution in [3.8, 4) is 11.3 Å². The maximum absolute atomic E-state index is 6.00. The Labute approximate surface area is 174 Å². The van der Waals surface area contributed by atoms with E-state index in [0.717, 1.165) is 42.8 Å². The average molecular weight is 408 g/mol. The van der Waals surface area contributed by atoms with E-state index in [-0.39, 0.29) is 0 Å². The molecule has 0 aliphatic heterocycles. The van der Waals surface area contributed by atoms with E-state index in [4.69, 9.17) is 16.1 Å². The lowest BCUT2D eigenvalue weighted by atomic mass is 10.1. The van der Waals surface area contributed by atoms with Crippen LogP contribution in [0.4, 0.5) is 11.5 Å². The number of hydrogen-bond acceptors (Lipinski definition) is 6. The lowest BCUT2D eigenvalue weighted by Crippen LogP contribution is -2.25. The van der Waals surface area contributed by atoms with Crippen LogP contribution in [-0.4, -0.2) is 34.8 Å². The van der Waals surface area contributed by atoms with Gasteiger partial charge < -0.3 is 14.7 Å². The van der Waals surface area contributed by atoms with Gasteiger partial charge in [0.05, 0.1) is 0 Å². The third-order valence-electron chi connectivity index (χ3n) is 4.79.